The molecule has 2 rings (SSSR count). The van der Waals surface area contributed by atoms with Crippen LogP contribution in [0.1, 0.15) is 0 Å². The van der Waals surface area contributed by atoms with E-state index < -0.39 is 0 Å². The van der Waals surface area contributed by atoms with Crippen LogP contribution in [0.25, 0.3) is 11.3 Å². The number of ether oxygens (including phenoxy) is 1. The molecule has 0 aliphatic heterocycles. The standard InChI is InChI=1S/C11H10FN3O/c1-16-10-3-2-7(12)6-8(10)9-4-5-14-11(13)15-9/h2-6H,1H3,(H2,13,14,15). The van der Waals surface area contributed by atoms with Crippen molar-refractivity contribution in [1.82, 2.24) is 9.97 Å². The van der Waals surface area contributed by atoms with Crippen LogP contribution in [0, 0.1) is 5.82 Å². The first-order valence-corrected chi connectivity index (χ1v) is 4.63. The van der Waals surface area contributed by atoms with Crippen molar-refractivity contribution in [2.75, 3.05) is 12.8 Å². The summed E-state index contributed by atoms with van der Waals surface area (Å²) in [6.07, 6.45) is 1.52. The predicted octanol–water partition coefficient (Wildman–Crippen LogP) is 1.87. The van der Waals surface area contributed by atoms with E-state index in [0.29, 0.717) is 17.0 Å². The lowest BCUT2D eigenvalue weighted by Gasteiger charge is -2.07. The molecular formula is C11H10FN3O. The molecule has 16 heavy (non-hydrogen) atoms. The Morgan fingerprint density at radius 1 is 1.31 bits per heavy atom. The predicted molar refractivity (Wildman–Crippen MR) is 58.4 cm³/mol. The van der Waals surface area contributed by atoms with Crippen LogP contribution in [0.4, 0.5) is 10.3 Å². The number of hydrogen-bond donors (Lipinski definition) is 1. The molecule has 1 aromatic heterocycles. The summed E-state index contributed by atoms with van der Waals surface area (Å²) >= 11 is 0. The van der Waals surface area contributed by atoms with Crippen LogP contribution in [0.3, 0.4) is 0 Å². The molecule has 0 radical (unpaired) electrons. The SMILES string of the molecule is COc1ccc(F)cc1-c1ccnc(N)n1. The number of benzene rings is 1. The zero-order valence-corrected chi connectivity index (χ0v) is 8.64. The molecule has 0 fully saturated rings. The summed E-state index contributed by atoms with van der Waals surface area (Å²) < 4.78 is 18.3. The summed E-state index contributed by atoms with van der Waals surface area (Å²) in [6.45, 7) is 0. The number of nitrogen functional groups attached to an aromatic ring is 1. The Morgan fingerprint density at radius 3 is 2.81 bits per heavy atom. The molecule has 0 saturated carbocycles. The average Bonchev–Trinajstić information content (AvgIpc) is 2.29. The normalized spacial score (nSPS) is 10.1. The fraction of sp³-hybridized carbons (Fsp3) is 0.0909. The van der Waals surface area contributed by atoms with Gasteiger partial charge in [0.2, 0.25) is 5.95 Å². The molecule has 1 aromatic carbocycles. The smallest absolute Gasteiger partial charge is 0.220 e. The number of anilines is 1. The van der Waals surface area contributed by atoms with Gasteiger partial charge in [0.15, 0.2) is 0 Å². The maximum Gasteiger partial charge on any atom is 0.220 e. The maximum absolute atomic E-state index is 13.1. The van der Waals surface area contributed by atoms with E-state index in [9.17, 15) is 4.39 Å². The van der Waals surface area contributed by atoms with E-state index in [-0.39, 0.29) is 11.8 Å². The van der Waals surface area contributed by atoms with Gasteiger partial charge in [0.25, 0.3) is 0 Å². The highest BCUT2D eigenvalue weighted by molar-refractivity contribution is 5.67. The molecule has 0 saturated heterocycles. The van der Waals surface area contributed by atoms with Gasteiger partial charge < -0.3 is 10.5 Å². The summed E-state index contributed by atoms with van der Waals surface area (Å²) in [6, 6.07) is 5.87. The Balaban J connectivity index is 2.58. The second kappa shape index (κ2) is 4.14. The van der Waals surface area contributed by atoms with E-state index in [4.69, 9.17) is 10.5 Å². The van der Waals surface area contributed by atoms with E-state index >= 15 is 0 Å². The molecule has 0 amide bonds. The van der Waals surface area contributed by atoms with Crippen LogP contribution in [-0.2, 0) is 0 Å². The molecule has 0 bridgehead atoms. The highest BCUT2D eigenvalue weighted by Gasteiger charge is 2.08. The third kappa shape index (κ3) is 1.93. The summed E-state index contributed by atoms with van der Waals surface area (Å²) in [5.41, 5.74) is 6.55. The lowest BCUT2D eigenvalue weighted by Crippen LogP contribution is -1.97. The maximum atomic E-state index is 13.1. The first-order valence-electron chi connectivity index (χ1n) is 4.63. The molecule has 0 spiro atoms. The average molecular weight is 219 g/mol. The first kappa shape index (κ1) is 10.4. The van der Waals surface area contributed by atoms with Gasteiger partial charge in [-0.15, -0.1) is 0 Å². The van der Waals surface area contributed by atoms with Gasteiger partial charge in [-0.05, 0) is 24.3 Å². The Kier molecular flexibility index (Phi) is 2.68. The van der Waals surface area contributed by atoms with Crippen LogP contribution >= 0.6 is 0 Å². The van der Waals surface area contributed by atoms with Crippen LogP contribution in [0.5, 0.6) is 5.75 Å². The van der Waals surface area contributed by atoms with Gasteiger partial charge in [0.05, 0.1) is 12.8 Å². The largest absolute Gasteiger partial charge is 0.496 e. The minimum atomic E-state index is -0.354. The van der Waals surface area contributed by atoms with Gasteiger partial charge in [0.1, 0.15) is 11.6 Å². The van der Waals surface area contributed by atoms with Gasteiger partial charge in [-0.1, -0.05) is 0 Å². The van der Waals surface area contributed by atoms with E-state index in [1.807, 2.05) is 0 Å². The molecule has 0 unspecified atom stereocenters. The number of aromatic nitrogens is 2. The number of nitrogens with two attached hydrogens (primary N) is 1. The van der Waals surface area contributed by atoms with Gasteiger partial charge in [0, 0.05) is 11.8 Å². The topological polar surface area (TPSA) is 61.0 Å². The van der Waals surface area contributed by atoms with E-state index in [1.54, 1.807) is 12.1 Å². The number of halogens is 1. The highest BCUT2D eigenvalue weighted by atomic mass is 19.1. The minimum Gasteiger partial charge on any atom is -0.496 e. The summed E-state index contributed by atoms with van der Waals surface area (Å²) in [4.78, 5) is 7.79. The number of nitrogens with zero attached hydrogens (tertiary/aromatic N) is 2. The van der Waals surface area contributed by atoms with Gasteiger partial charge in [-0.3, -0.25) is 0 Å². The molecule has 82 valence electrons. The zero-order valence-electron chi connectivity index (χ0n) is 8.64. The van der Waals surface area contributed by atoms with Gasteiger partial charge >= 0.3 is 0 Å². The highest BCUT2D eigenvalue weighted by Crippen LogP contribution is 2.29. The molecule has 4 nitrogen and oxygen atoms in total. The fourth-order valence-electron chi connectivity index (χ4n) is 1.40. The molecule has 2 N–H and O–H groups in total. The molecule has 0 aliphatic rings. The second-order valence-electron chi connectivity index (χ2n) is 3.14. The number of rotatable bonds is 2. The fourth-order valence-corrected chi connectivity index (χ4v) is 1.40. The monoisotopic (exact) mass is 219 g/mol. The van der Waals surface area contributed by atoms with Crippen molar-refractivity contribution in [3.05, 3.63) is 36.3 Å². The zero-order chi connectivity index (χ0) is 11.5. The van der Waals surface area contributed by atoms with Crippen LogP contribution in [0.2, 0.25) is 0 Å². The Hall–Kier alpha value is -2.17. The number of hydrogen-bond acceptors (Lipinski definition) is 4. The van der Waals surface area contributed by atoms with E-state index in [2.05, 4.69) is 9.97 Å². The molecule has 1 heterocycles. The second-order valence-corrected chi connectivity index (χ2v) is 3.14. The van der Waals surface area contributed by atoms with Crippen LogP contribution < -0.4 is 10.5 Å². The van der Waals surface area contributed by atoms with Crippen molar-refractivity contribution in [3.8, 4) is 17.0 Å². The summed E-state index contributed by atoms with van der Waals surface area (Å²) in [7, 11) is 1.52. The van der Waals surface area contributed by atoms with Crippen LogP contribution in [-0.4, -0.2) is 17.1 Å². The minimum absolute atomic E-state index is 0.142. The first-order chi connectivity index (χ1) is 7.70. The summed E-state index contributed by atoms with van der Waals surface area (Å²) in [5, 5.41) is 0. The lowest BCUT2D eigenvalue weighted by molar-refractivity contribution is 0.415. The molecule has 0 atom stereocenters. The quantitative estimate of drug-likeness (QED) is 0.837. The molecule has 2 aromatic rings. The van der Waals surface area contributed by atoms with Crippen LogP contribution in [0.15, 0.2) is 30.5 Å². The van der Waals surface area contributed by atoms with Crippen molar-refractivity contribution >= 4 is 5.95 Å². The third-order valence-corrected chi connectivity index (χ3v) is 2.11. The molecule has 0 aliphatic carbocycles. The Labute approximate surface area is 91.9 Å². The van der Waals surface area contributed by atoms with Gasteiger partial charge in [-0.25, -0.2) is 14.4 Å². The number of methoxy groups -OCH3 is 1. The van der Waals surface area contributed by atoms with Crippen molar-refractivity contribution in [2.24, 2.45) is 0 Å². The van der Waals surface area contributed by atoms with Crippen molar-refractivity contribution < 1.29 is 9.13 Å². The van der Waals surface area contributed by atoms with Crippen molar-refractivity contribution in [3.63, 3.8) is 0 Å². The van der Waals surface area contributed by atoms with Gasteiger partial charge in [-0.2, -0.15) is 0 Å². The van der Waals surface area contributed by atoms with Crippen molar-refractivity contribution in [2.45, 2.75) is 0 Å². The molecule has 5 heteroatoms. The summed E-state index contributed by atoms with van der Waals surface area (Å²) in [5.74, 6) is 0.330. The van der Waals surface area contributed by atoms with Crippen molar-refractivity contribution in [1.29, 1.82) is 0 Å². The lowest BCUT2D eigenvalue weighted by atomic mass is 10.1. The Morgan fingerprint density at radius 2 is 2.12 bits per heavy atom. The molecular weight excluding hydrogens is 209 g/mol. The third-order valence-electron chi connectivity index (χ3n) is 2.11. The Bertz CT molecular complexity index is 516. The van der Waals surface area contributed by atoms with E-state index in [0.717, 1.165) is 0 Å². The van der Waals surface area contributed by atoms with E-state index in [1.165, 1.54) is 25.4 Å².